The molecule has 0 aliphatic rings. The molecule has 0 saturated heterocycles. The van der Waals surface area contributed by atoms with Gasteiger partial charge in [0.05, 0.1) is 7.11 Å². The second-order valence-electron chi connectivity index (χ2n) is 3.94. The summed E-state index contributed by atoms with van der Waals surface area (Å²) < 4.78 is 5.30. The van der Waals surface area contributed by atoms with E-state index >= 15 is 0 Å². The van der Waals surface area contributed by atoms with Crippen molar-refractivity contribution in [3.05, 3.63) is 52.7 Å². The molecule has 3 nitrogen and oxygen atoms in total. The molecule has 0 atom stereocenters. The van der Waals surface area contributed by atoms with Gasteiger partial charge in [0.25, 0.3) is 0 Å². The molecule has 18 heavy (non-hydrogen) atoms. The lowest BCUT2D eigenvalue weighted by atomic mass is 10.2. The average molecular weight is 263 g/mol. The van der Waals surface area contributed by atoms with Crippen molar-refractivity contribution in [3.8, 4) is 5.75 Å². The number of nitrogens with zero attached hydrogens (tertiary/aromatic N) is 1. The Hall–Kier alpha value is -1.74. The van der Waals surface area contributed by atoms with Gasteiger partial charge in [0.1, 0.15) is 11.6 Å². The standard InChI is InChI=1S/C14H15ClN2O/c1-10-5-4-8-16-14(10)17-9-11-12(15)6-3-7-13(11)18-2/h3-8H,9H2,1-2H3,(H,16,17). The van der Waals surface area contributed by atoms with Gasteiger partial charge in [-0.05, 0) is 30.7 Å². The normalized spacial score (nSPS) is 10.2. The number of halogens is 1. The quantitative estimate of drug-likeness (QED) is 0.913. The summed E-state index contributed by atoms with van der Waals surface area (Å²) in [7, 11) is 1.64. The molecular formula is C14H15ClN2O. The molecule has 0 aliphatic heterocycles. The maximum Gasteiger partial charge on any atom is 0.129 e. The van der Waals surface area contributed by atoms with E-state index in [1.54, 1.807) is 13.3 Å². The summed E-state index contributed by atoms with van der Waals surface area (Å²) in [6, 6.07) is 9.55. The third kappa shape index (κ3) is 2.74. The lowest BCUT2D eigenvalue weighted by Crippen LogP contribution is -2.05. The van der Waals surface area contributed by atoms with Gasteiger partial charge in [-0.1, -0.05) is 23.7 Å². The Morgan fingerprint density at radius 2 is 2.11 bits per heavy atom. The lowest BCUT2D eigenvalue weighted by Gasteiger charge is -2.12. The van der Waals surface area contributed by atoms with Crippen LogP contribution >= 0.6 is 11.6 Å². The summed E-state index contributed by atoms with van der Waals surface area (Å²) in [4.78, 5) is 4.28. The Morgan fingerprint density at radius 1 is 1.28 bits per heavy atom. The number of anilines is 1. The molecule has 2 aromatic rings. The summed E-state index contributed by atoms with van der Waals surface area (Å²) in [5, 5.41) is 3.96. The van der Waals surface area contributed by atoms with Crippen molar-refractivity contribution < 1.29 is 4.74 Å². The molecule has 1 N–H and O–H groups in total. The number of nitrogens with one attached hydrogen (secondary N) is 1. The number of aromatic nitrogens is 1. The van der Waals surface area contributed by atoms with Gasteiger partial charge in [-0.15, -0.1) is 0 Å². The van der Waals surface area contributed by atoms with Crippen LogP contribution in [0, 0.1) is 6.92 Å². The van der Waals surface area contributed by atoms with Crippen LogP contribution in [0.5, 0.6) is 5.75 Å². The first-order valence-corrected chi connectivity index (χ1v) is 6.07. The molecule has 0 amide bonds. The smallest absolute Gasteiger partial charge is 0.129 e. The predicted octanol–water partition coefficient (Wildman–Crippen LogP) is 3.66. The highest BCUT2D eigenvalue weighted by molar-refractivity contribution is 6.31. The summed E-state index contributed by atoms with van der Waals surface area (Å²) >= 11 is 6.17. The molecule has 0 fully saturated rings. The molecule has 0 bridgehead atoms. The first-order valence-electron chi connectivity index (χ1n) is 5.69. The molecule has 0 unspecified atom stereocenters. The molecule has 0 aliphatic carbocycles. The topological polar surface area (TPSA) is 34.1 Å². The van der Waals surface area contributed by atoms with E-state index in [1.165, 1.54) is 0 Å². The van der Waals surface area contributed by atoms with Crippen LogP contribution in [0.2, 0.25) is 5.02 Å². The zero-order valence-corrected chi connectivity index (χ0v) is 11.2. The monoisotopic (exact) mass is 262 g/mol. The van der Waals surface area contributed by atoms with Gasteiger partial charge in [-0.25, -0.2) is 4.98 Å². The van der Waals surface area contributed by atoms with Crippen LogP contribution in [-0.2, 0) is 6.54 Å². The van der Waals surface area contributed by atoms with E-state index in [0.717, 1.165) is 22.7 Å². The van der Waals surface area contributed by atoms with E-state index in [9.17, 15) is 0 Å². The van der Waals surface area contributed by atoms with Crippen LogP contribution in [0.1, 0.15) is 11.1 Å². The lowest BCUT2D eigenvalue weighted by molar-refractivity contribution is 0.410. The number of hydrogen-bond donors (Lipinski definition) is 1. The molecule has 0 radical (unpaired) electrons. The zero-order valence-electron chi connectivity index (χ0n) is 10.4. The minimum absolute atomic E-state index is 0.584. The number of pyridine rings is 1. The van der Waals surface area contributed by atoms with Crippen LogP contribution in [0.25, 0.3) is 0 Å². The molecule has 1 aromatic heterocycles. The molecule has 0 spiro atoms. The summed E-state index contributed by atoms with van der Waals surface area (Å²) in [5.41, 5.74) is 2.04. The highest BCUT2D eigenvalue weighted by Gasteiger charge is 2.08. The van der Waals surface area contributed by atoms with Crippen molar-refractivity contribution >= 4 is 17.4 Å². The third-order valence-electron chi connectivity index (χ3n) is 2.74. The van der Waals surface area contributed by atoms with Gasteiger partial charge < -0.3 is 10.1 Å². The van der Waals surface area contributed by atoms with Gasteiger partial charge in [0, 0.05) is 23.3 Å². The average Bonchev–Trinajstić information content (AvgIpc) is 2.39. The van der Waals surface area contributed by atoms with E-state index in [1.807, 2.05) is 37.3 Å². The fourth-order valence-electron chi connectivity index (χ4n) is 1.74. The minimum atomic E-state index is 0.584. The molecule has 2 rings (SSSR count). The van der Waals surface area contributed by atoms with Gasteiger partial charge in [0.2, 0.25) is 0 Å². The van der Waals surface area contributed by atoms with E-state index < -0.39 is 0 Å². The maximum atomic E-state index is 6.17. The van der Waals surface area contributed by atoms with Crippen molar-refractivity contribution in [3.63, 3.8) is 0 Å². The maximum absolute atomic E-state index is 6.17. The van der Waals surface area contributed by atoms with Crippen molar-refractivity contribution in [2.24, 2.45) is 0 Å². The second kappa shape index (κ2) is 5.74. The van der Waals surface area contributed by atoms with E-state index in [4.69, 9.17) is 16.3 Å². The fraction of sp³-hybridized carbons (Fsp3) is 0.214. The van der Waals surface area contributed by atoms with Crippen LogP contribution in [-0.4, -0.2) is 12.1 Å². The van der Waals surface area contributed by atoms with E-state index in [-0.39, 0.29) is 0 Å². The molecule has 0 saturated carbocycles. The van der Waals surface area contributed by atoms with E-state index in [2.05, 4.69) is 10.3 Å². The van der Waals surface area contributed by atoms with Gasteiger partial charge in [-0.2, -0.15) is 0 Å². The molecule has 1 aromatic carbocycles. The SMILES string of the molecule is COc1cccc(Cl)c1CNc1ncccc1C. The van der Waals surface area contributed by atoms with Crippen molar-refractivity contribution in [2.45, 2.75) is 13.5 Å². The van der Waals surface area contributed by atoms with Crippen molar-refractivity contribution in [1.82, 2.24) is 4.98 Å². The Balaban J connectivity index is 2.18. The van der Waals surface area contributed by atoms with Crippen LogP contribution in [0.4, 0.5) is 5.82 Å². The molecule has 94 valence electrons. The third-order valence-corrected chi connectivity index (χ3v) is 3.09. The van der Waals surface area contributed by atoms with E-state index in [0.29, 0.717) is 11.6 Å². The van der Waals surface area contributed by atoms with Crippen LogP contribution in [0.15, 0.2) is 36.5 Å². The fourth-order valence-corrected chi connectivity index (χ4v) is 1.98. The first-order chi connectivity index (χ1) is 8.72. The number of benzene rings is 1. The molecule has 1 heterocycles. The summed E-state index contributed by atoms with van der Waals surface area (Å²) in [5.74, 6) is 1.64. The van der Waals surface area contributed by atoms with Crippen molar-refractivity contribution in [1.29, 1.82) is 0 Å². The summed E-state index contributed by atoms with van der Waals surface area (Å²) in [6.45, 7) is 2.60. The summed E-state index contributed by atoms with van der Waals surface area (Å²) in [6.07, 6.45) is 1.76. The number of hydrogen-bond acceptors (Lipinski definition) is 3. The number of aryl methyl sites for hydroxylation is 1. The molecule has 4 heteroatoms. The zero-order chi connectivity index (χ0) is 13.0. The number of methoxy groups -OCH3 is 1. The van der Waals surface area contributed by atoms with Crippen LogP contribution < -0.4 is 10.1 Å². The Bertz CT molecular complexity index is 543. The largest absolute Gasteiger partial charge is 0.496 e. The Labute approximate surface area is 112 Å². The van der Waals surface area contributed by atoms with Gasteiger partial charge in [-0.3, -0.25) is 0 Å². The molecular weight excluding hydrogens is 248 g/mol. The Morgan fingerprint density at radius 3 is 2.83 bits per heavy atom. The van der Waals surface area contributed by atoms with Gasteiger partial charge in [0.15, 0.2) is 0 Å². The van der Waals surface area contributed by atoms with Gasteiger partial charge >= 0.3 is 0 Å². The minimum Gasteiger partial charge on any atom is -0.496 e. The second-order valence-corrected chi connectivity index (χ2v) is 4.35. The van der Waals surface area contributed by atoms with Crippen LogP contribution in [0.3, 0.4) is 0 Å². The number of ether oxygens (including phenoxy) is 1. The van der Waals surface area contributed by atoms with Crippen molar-refractivity contribution in [2.75, 3.05) is 12.4 Å². The first kappa shape index (κ1) is 12.7. The Kier molecular flexibility index (Phi) is 4.05. The highest BCUT2D eigenvalue weighted by Crippen LogP contribution is 2.27. The number of rotatable bonds is 4. The predicted molar refractivity (Wildman–Crippen MR) is 74.3 cm³/mol. The highest BCUT2D eigenvalue weighted by atomic mass is 35.5.